The van der Waals surface area contributed by atoms with E-state index in [1.165, 1.54) is 9.75 Å². The van der Waals surface area contributed by atoms with Crippen molar-refractivity contribution in [2.45, 2.75) is 0 Å². The first-order chi connectivity index (χ1) is 7.95. The summed E-state index contributed by atoms with van der Waals surface area (Å²) in [5.41, 5.74) is 2.31. The van der Waals surface area contributed by atoms with Gasteiger partial charge in [0, 0.05) is 20.9 Å². The van der Waals surface area contributed by atoms with Gasteiger partial charge in [-0.15, -0.1) is 22.7 Å². The van der Waals surface area contributed by atoms with Gasteiger partial charge < -0.3 is 0 Å². The molecule has 0 spiro atoms. The minimum Gasteiger partial charge on any atom is -0.144 e. The van der Waals surface area contributed by atoms with Gasteiger partial charge in [-0.25, -0.2) is 0 Å². The van der Waals surface area contributed by atoms with Crippen molar-refractivity contribution in [1.82, 2.24) is 0 Å². The highest BCUT2D eigenvalue weighted by molar-refractivity contribution is 7.14. The lowest BCUT2D eigenvalue weighted by Crippen LogP contribution is -1.79. The van der Waals surface area contributed by atoms with Crippen molar-refractivity contribution in [3.8, 4) is 20.9 Å². The highest BCUT2D eigenvalue weighted by Crippen LogP contribution is 2.35. The molecule has 2 heteroatoms. The summed E-state index contributed by atoms with van der Waals surface area (Å²) in [6, 6.07) is 18.9. The van der Waals surface area contributed by atoms with E-state index in [1.54, 1.807) is 22.7 Å². The van der Waals surface area contributed by atoms with Gasteiger partial charge in [-0.3, -0.25) is 0 Å². The number of hydrogen-bond acceptors (Lipinski definition) is 2. The molecular formula is C14H8S2. The highest BCUT2D eigenvalue weighted by Gasteiger charge is 2.08. The van der Waals surface area contributed by atoms with E-state index in [9.17, 15) is 0 Å². The molecule has 0 atom stereocenters. The smallest absolute Gasteiger partial charge is 0.0355 e. The van der Waals surface area contributed by atoms with Crippen LogP contribution in [0.3, 0.4) is 0 Å². The summed E-state index contributed by atoms with van der Waals surface area (Å²) in [5.74, 6) is 0. The van der Waals surface area contributed by atoms with Crippen LogP contribution >= 0.6 is 22.7 Å². The third-order valence-electron chi connectivity index (χ3n) is 2.32. The standard InChI is InChI=1S/C14H8S2/c1-2-6-12(14-8-4-10-16-14)11(5-1)13-7-3-9-15-13/h1-4,7-10H. The number of thiophene rings is 2. The molecule has 0 fully saturated rings. The van der Waals surface area contributed by atoms with Crippen molar-refractivity contribution >= 4 is 22.7 Å². The number of benzene rings is 1. The normalized spacial score (nSPS) is 10.5. The molecule has 0 N–H and O–H groups in total. The van der Waals surface area contributed by atoms with Gasteiger partial charge in [0.1, 0.15) is 0 Å². The molecule has 0 aliphatic carbocycles. The second kappa shape index (κ2) is 4.24. The summed E-state index contributed by atoms with van der Waals surface area (Å²) < 4.78 is 0. The first kappa shape index (κ1) is 9.82. The Morgan fingerprint density at radius 1 is 0.750 bits per heavy atom. The number of hydrogen-bond donors (Lipinski definition) is 0. The van der Waals surface area contributed by atoms with Crippen molar-refractivity contribution in [1.29, 1.82) is 0 Å². The minimum atomic E-state index is 1.15. The Morgan fingerprint density at radius 2 is 1.25 bits per heavy atom. The van der Waals surface area contributed by atoms with Crippen LogP contribution in [0.4, 0.5) is 0 Å². The maximum atomic E-state index is 3.31. The van der Waals surface area contributed by atoms with Crippen LogP contribution in [0.1, 0.15) is 0 Å². The summed E-state index contributed by atoms with van der Waals surface area (Å²) in [6.45, 7) is 0. The average Bonchev–Trinajstić information content (AvgIpc) is 3.03. The lowest BCUT2D eigenvalue weighted by molar-refractivity contribution is 1.66. The minimum absolute atomic E-state index is 1.15. The Bertz CT molecular complexity index is 509. The lowest BCUT2D eigenvalue weighted by atomic mass is 10.0. The lowest BCUT2D eigenvalue weighted by Gasteiger charge is -2.04. The van der Waals surface area contributed by atoms with E-state index in [0.29, 0.717) is 0 Å². The highest BCUT2D eigenvalue weighted by atomic mass is 32.1. The van der Waals surface area contributed by atoms with Crippen molar-refractivity contribution in [2.24, 2.45) is 0 Å². The Kier molecular flexibility index (Phi) is 2.60. The molecule has 0 amide bonds. The molecule has 0 saturated carbocycles. The molecule has 0 nitrogen and oxygen atoms in total. The third kappa shape index (κ3) is 1.70. The molecule has 2 radical (unpaired) electrons. The molecule has 1 aromatic carbocycles. The van der Waals surface area contributed by atoms with Crippen LogP contribution in [0.5, 0.6) is 0 Å². The summed E-state index contributed by atoms with van der Waals surface area (Å²) in [6.07, 6.45) is 0. The topological polar surface area (TPSA) is 0 Å². The molecule has 2 aromatic heterocycles. The largest absolute Gasteiger partial charge is 0.144 e. The Morgan fingerprint density at radius 3 is 1.62 bits per heavy atom. The fourth-order valence-electron chi connectivity index (χ4n) is 1.62. The van der Waals surface area contributed by atoms with E-state index in [1.807, 2.05) is 12.1 Å². The van der Waals surface area contributed by atoms with Gasteiger partial charge in [-0.05, 0) is 35.0 Å². The van der Waals surface area contributed by atoms with Gasteiger partial charge >= 0.3 is 0 Å². The van der Waals surface area contributed by atoms with Crippen LogP contribution in [0.25, 0.3) is 20.9 Å². The maximum Gasteiger partial charge on any atom is 0.0355 e. The second-order valence-electron chi connectivity index (χ2n) is 3.33. The van der Waals surface area contributed by atoms with E-state index in [0.717, 1.165) is 11.1 Å². The van der Waals surface area contributed by atoms with Crippen LogP contribution in [0.15, 0.2) is 47.2 Å². The van der Waals surface area contributed by atoms with Gasteiger partial charge in [0.25, 0.3) is 0 Å². The van der Waals surface area contributed by atoms with E-state index in [2.05, 4.69) is 47.2 Å². The van der Waals surface area contributed by atoms with Gasteiger partial charge in [-0.2, -0.15) is 0 Å². The monoisotopic (exact) mass is 240 g/mol. The van der Waals surface area contributed by atoms with Crippen molar-refractivity contribution < 1.29 is 0 Å². The van der Waals surface area contributed by atoms with Crippen molar-refractivity contribution in [3.05, 3.63) is 59.3 Å². The molecule has 2 heterocycles. The molecule has 0 aliphatic rings. The Hall–Kier alpha value is -1.38. The molecular weight excluding hydrogens is 232 g/mol. The van der Waals surface area contributed by atoms with Crippen LogP contribution in [-0.2, 0) is 0 Å². The molecule has 0 aliphatic heterocycles. The fraction of sp³-hybridized carbons (Fsp3) is 0. The summed E-state index contributed by atoms with van der Waals surface area (Å²) >= 11 is 3.48. The predicted molar refractivity (Wildman–Crippen MR) is 70.7 cm³/mol. The van der Waals surface area contributed by atoms with E-state index in [-0.39, 0.29) is 0 Å². The van der Waals surface area contributed by atoms with Gasteiger partial charge in [0.05, 0.1) is 0 Å². The summed E-state index contributed by atoms with van der Waals surface area (Å²) in [5, 5.41) is 4.18. The molecule has 3 aromatic rings. The first-order valence-electron chi connectivity index (χ1n) is 4.95. The third-order valence-corrected chi connectivity index (χ3v) is 4.10. The number of rotatable bonds is 2. The van der Waals surface area contributed by atoms with Gasteiger partial charge in [0.2, 0.25) is 0 Å². The fourth-order valence-corrected chi connectivity index (χ4v) is 3.10. The Labute approximate surface area is 103 Å². The Balaban J connectivity index is 2.19. The van der Waals surface area contributed by atoms with Gasteiger partial charge in [0.15, 0.2) is 0 Å². The SMILES string of the molecule is [c]1cc[c]c(-c2cccs2)c1-c1cccs1. The molecule has 3 rings (SSSR count). The zero-order valence-corrected chi connectivity index (χ0v) is 10.1. The van der Waals surface area contributed by atoms with Crippen LogP contribution in [-0.4, -0.2) is 0 Å². The molecule has 0 bridgehead atoms. The molecule has 16 heavy (non-hydrogen) atoms. The molecule has 0 saturated heterocycles. The maximum absolute atomic E-state index is 3.31. The molecule has 76 valence electrons. The van der Waals surface area contributed by atoms with Crippen LogP contribution in [0, 0.1) is 12.1 Å². The average molecular weight is 240 g/mol. The van der Waals surface area contributed by atoms with Crippen LogP contribution in [0.2, 0.25) is 0 Å². The zero-order valence-electron chi connectivity index (χ0n) is 8.44. The van der Waals surface area contributed by atoms with E-state index < -0.39 is 0 Å². The van der Waals surface area contributed by atoms with E-state index >= 15 is 0 Å². The van der Waals surface area contributed by atoms with Crippen molar-refractivity contribution in [2.75, 3.05) is 0 Å². The van der Waals surface area contributed by atoms with E-state index in [4.69, 9.17) is 0 Å². The second-order valence-corrected chi connectivity index (χ2v) is 5.22. The quantitative estimate of drug-likeness (QED) is 0.606. The summed E-state index contributed by atoms with van der Waals surface area (Å²) in [4.78, 5) is 2.50. The first-order valence-corrected chi connectivity index (χ1v) is 6.71. The summed E-state index contributed by atoms with van der Waals surface area (Å²) in [7, 11) is 0. The van der Waals surface area contributed by atoms with Gasteiger partial charge in [-0.1, -0.05) is 24.3 Å². The van der Waals surface area contributed by atoms with Crippen LogP contribution < -0.4 is 0 Å². The molecule has 0 unspecified atom stereocenters. The van der Waals surface area contributed by atoms with Crippen molar-refractivity contribution in [3.63, 3.8) is 0 Å². The predicted octanol–water partition coefficient (Wildman–Crippen LogP) is 4.74. The zero-order chi connectivity index (χ0) is 10.8.